The lowest BCUT2D eigenvalue weighted by Gasteiger charge is -2.31. The second kappa shape index (κ2) is 7.12. The van der Waals surface area contributed by atoms with Gasteiger partial charge in [0.15, 0.2) is 9.84 Å². The lowest BCUT2D eigenvalue weighted by atomic mass is 9.97. The molecule has 0 aliphatic carbocycles. The summed E-state index contributed by atoms with van der Waals surface area (Å²) in [6.07, 6.45) is 1.31. The Morgan fingerprint density at radius 2 is 1.91 bits per heavy atom. The second-order valence-corrected chi connectivity index (χ2v) is 8.07. The molecule has 2 rings (SSSR count). The quantitative estimate of drug-likeness (QED) is 0.862. The maximum absolute atomic E-state index is 12.3. The van der Waals surface area contributed by atoms with Crippen molar-refractivity contribution in [2.45, 2.75) is 31.1 Å². The summed E-state index contributed by atoms with van der Waals surface area (Å²) in [6, 6.07) is 6.58. The highest BCUT2D eigenvalue weighted by atomic mass is 32.2. The van der Waals surface area contributed by atoms with Gasteiger partial charge in [-0.05, 0) is 31.9 Å². The van der Waals surface area contributed by atoms with Gasteiger partial charge in [-0.3, -0.25) is 9.59 Å². The van der Waals surface area contributed by atoms with Crippen molar-refractivity contribution in [3.63, 3.8) is 0 Å². The molecule has 2 amide bonds. The summed E-state index contributed by atoms with van der Waals surface area (Å²) in [4.78, 5) is 25.2. The molecule has 1 aromatic rings. The average molecular weight is 338 g/mol. The van der Waals surface area contributed by atoms with Crippen LogP contribution < -0.4 is 5.73 Å². The Balaban J connectivity index is 1.95. The molecule has 1 unspecified atom stereocenters. The van der Waals surface area contributed by atoms with E-state index in [1.54, 1.807) is 29.2 Å². The highest BCUT2D eigenvalue weighted by Crippen LogP contribution is 2.18. The van der Waals surface area contributed by atoms with Crippen molar-refractivity contribution in [1.29, 1.82) is 0 Å². The molecule has 126 valence electrons. The van der Waals surface area contributed by atoms with Crippen LogP contribution in [-0.4, -0.2) is 44.0 Å². The number of primary amides is 1. The molecule has 1 saturated heterocycles. The summed E-state index contributed by atoms with van der Waals surface area (Å²) >= 11 is 0. The SMILES string of the molecule is Cc1ccc(S(=O)(=O)CCC(=O)N2CCCC(C(N)=O)C2)cc1. The van der Waals surface area contributed by atoms with E-state index in [2.05, 4.69) is 0 Å². The highest BCUT2D eigenvalue weighted by molar-refractivity contribution is 7.91. The first kappa shape index (κ1) is 17.5. The minimum absolute atomic E-state index is 0.0817. The van der Waals surface area contributed by atoms with Crippen molar-refractivity contribution >= 4 is 21.7 Å². The van der Waals surface area contributed by atoms with Gasteiger partial charge >= 0.3 is 0 Å². The maximum atomic E-state index is 12.3. The van der Waals surface area contributed by atoms with Crippen LogP contribution in [0.1, 0.15) is 24.8 Å². The smallest absolute Gasteiger partial charge is 0.223 e. The topological polar surface area (TPSA) is 97.5 Å². The van der Waals surface area contributed by atoms with Gasteiger partial charge in [-0.2, -0.15) is 0 Å². The molecule has 0 aromatic heterocycles. The van der Waals surface area contributed by atoms with E-state index in [9.17, 15) is 18.0 Å². The molecule has 1 aliphatic rings. The van der Waals surface area contributed by atoms with Crippen LogP contribution >= 0.6 is 0 Å². The van der Waals surface area contributed by atoms with E-state index in [1.165, 1.54) is 0 Å². The number of carbonyl (C=O) groups excluding carboxylic acids is 2. The summed E-state index contributed by atoms with van der Waals surface area (Å²) < 4.78 is 24.5. The molecule has 0 bridgehead atoms. The third kappa shape index (κ3) is 4.54. The van der Waals surface area contributed by atoms with Gasteiger partial charge in [0.25, 0.3) is 0 Å². The fraction of sp³-hybridized carbons (Fsp3) is 0.500. The van der Waals surface area contributed by atoms with Crippen LogP contribution in [0.15, 0.2) is 29.2 Å². The fourth-order valence-electron chi connectivity index (χ4n) is 2.68. The molecule has 1 heterocycles. The predicted octanol–water partition coefficient (Wildman–Crippen LogP) is 0.883. The van der Waals surface area contributed by atoms with E-state index >= 15 is 0 Å². The molecule has 0 radical (unpaired) electrons. The number of aryl methyl sites for hydroxylation is 1. The first-order chi connectivity index (χ1) is 10.8. The number of nitrogens with two attached hydrogens (primary N) is 1. The molecule has 23 heavy (non-hydrogen) atoms. The number of amides is 2. The normalized spacial score (nSPS) is 18.7. The summed E-state index contributed by atoms with van der Waals surface area (Å²) in [7, 11) is -3.48. The second-order valence-electron chi connectivity index (χ2n) is 5.96. The molecule has 0 spiro atoms. The third-order valence-electron chi connectivity index (χ3n) is 4.14. The number of sulfone groups is 1. The van der Waals surface area contributed by atoms with Crippen molar-refractivity contribution in [3.05, 3.63) is 29.8 Å². The summed E-state index contributed by atoms with van der Waals surface area (Å²) in [6.45, 7) is 2.72. The van der Waals surface area contributed by atoms with Crippen LogP contribution in [0, 0.1) is 12.8 Å². The van der Waals surface area contributed by atoms with Gasteiger partial charge in [0.1, 0.15) is 0 Å². The number of piperidine rings is 1. The molecule has 1 aliphatic heterocycles. The van der Waals surface area contributed by atoms with Gasteiger partial charge in [0.05, 0.1) is 16.6 Å². The molecule has 6 nitrogen and oxygen atoms in total. The van der Waals surface area contributed by atoms with Gasteiger partial charge in [-0.15, -0.1) is 0 Å². The van der Waals surface area contributed by atoms with Gasteiger partial charge in [-0.25, -0.2) is 8.42 Å². The standard InChI is InChI=1S/C16H22N2O4S/c1-12-4-6-14(7-5-12)23(21,22)10-8-15(19)18-9-2-3-13(11-18)16(17)20/h4-7,13H,2-3,8-11H2,1H3,(H2,17,20). The van der Waals surface area contributed by atoms with Crippen molar-refractivity contribution < 1.29 is 18.0 Å². The van der Waals surface area contributed by atoms with Crippen molar-refractivity contribution in [1.82, 2.24) is 4.90 Å². The molecule has 2 N–H and O–H groups in total. The molecule has 1 atom stereocenters. The largest absolute Gasteiger partial charge is 0.369 e. The Bertz CT molecular complexity index is 683. The van der Waals surface area contributed by atoms with E-state index in [4.69, 9.17) is 5.73 Å². The van der Waals surface area contributed by atoms with Crippen LogP contribution in [0.25, 0.3) is 0 Å². The van der Waals surface area contributed by atoms with Gasteiger partial charge in [0.2, 0.25) is 11.8 Å². The highest BCUT2D eigenvalue weighted by Gasteiger charge is 2.27. The minimum Gasteiger partial charge on any atom is -0.369 e. The molecular formula is C16H22N2O4S. The molecule has 1 fully saturated rings. The first-order valence-electron chi connectivity index (χ1n) is 7.66. The van der Waals surface area contributed by atoms with Crippen molar-refractivity contribution in [3.8, 4) is 0 Å². The number of carbonyl (C=O) groups is 2. The monoisotopic (exact) mass is 338 g/mol. The van der Waals surface area contributed by atoms with E-state index in [-0.39, 0.29) is 28.9 Å². The molecular weight excluding hydrogens is 316 g/mol. The number of hydrogen-bond donors (Lipinski definition) is 1. The number of hydrogen-bond acceptors (Lipinski definition) is 4. The minimum atomic E-state index is -3.48. The fourth-order valence-corrected chi connectivity index (χ4v) is 3.91. The van der Waals surface area contributed by atoms with Gasteiger partial charge in [0, 0.05) is 19.5 Å². The van der Waals surface area contributed by atoms with Crippen molar-refractivity contribution in [2.75, 3.05) is 18.8 Å². The number of benzene rings is 1. The molecule has 0 saturated carbocycles. The van der Waals surface area contributed by atoms with E-state index in [0.29, 0.717) is 25.9 Å². The summed E-state index contributed by atoms with van der Waals surface area (Å²) in [5, 5.41) is 0. The predicted molar refractivity (Wildman–Crippen MR) is 86.3 cm³/mol. The Hall–Kier alpha value is -1.89. The average Bonchev–Trinajstić information content (AvgIpc) is 2.53. The van der Waals surface area contributed by atoms with Crippen LogP contribution in [0.5, 0.6) is 0 Å². The Labute approximate surface area is 136 Å². The Morgan fingerprint density at radius 3 is 2.52 bits per heavy atom. The van der Waals surface area contributed by atoms with Crippen molar-refractivity contribution in [2.24, 2.45) is 11.7 Å². The van der Waals surface area contributed by atoms with E-state index in [0.717, 1.165) is 5.56 Å². The lowest BCUT2D eigenvalue weighted by molar-refractivity contribution is -0.134. The lowest BCUT2D eigenvalue weighted by Crippen LogP contribution is -2.44. The van der Waals surface area contributed by atoms with Gasteiger partial charge < -0.3 is 10.6 Å². The zero-order chi connectivity index (χ0) is 17.0. The molecule has 7 heteroatoms. The van der Waals surface area contributed by atoms with Crippen LogP contribution in [0.4, 0.5) is 0 Å². The summed E-state index contributed by atoms with van der Waals surface area (Å²) in [5.41, 5.74) is 6.27. The van der Waals surface area contributed by atoms with Crippen LogP contribution in [0.2, 0.25) is 0 Å². The number of likely N-dealkylation sites (tertiary alicyclic amines) is 1. The first-order valence-corrected chi connectivity index (χ1v) is 9.31. The van der Waals surface area contributed by atoms with E-state index < -0.39 is 15.7 Å². The Morgan fingerprint density at radius 1 is 1.26 bits per heavy atom. The zero-order valence-electron chi connectivity index (χ0n) is 13.2. The number of rotatable bonds is 5. The van der Waals surface area contributed by atoms with Crippen LogP contribution in [0.3, 0.4) is 0 Å². The number of nitrogens with zero attached hydrogens (tertiary/aromatic N) is 1. The Kier molecular flexibility index (Phi) is 5.41. The maximum Gasteiger partial charge on any atom is 0.223 e. The van der Waals surface area contributed by atoms with Gasteiger partial charge in [-0.1, -0.05) is 17.7 Å². The third-order valence-corrected chi connectivity index (χ3v) is 5.87. The molecule has 1 aromatic carbocycles. The van der Waals surface area contributed by atoms with Crippen LogP contribution in [-0.2, 0) is 19.4 Å². The zero-order valence-corrected chi connectivity index (χ0v) is 14.0. The van der Waals surface area contributed by atoms with E-state index in [1.807, 2.05) is 6.92 Å². The summed E-state index contributed by atoms with van der Waals surface area (Å²) in [5.74, 6) is -1.21.